The molecule has 0 bridgehead atoms. The lowest BCUT2D eigenvalue weighted by Crippen LogP contribution is -2.30. The van der Waals surface area contributed by atoms with Gasteiger partial charge in [-0.3, -0.25) is 4.98 Å². The van der Waals surface area contributed by atoms with Crippen molar-refractivity contribution in [3.05, 3.63) is 60.2 Å². The number of aromatic nitrogens is 1. The molecule has 19 heavy (non-hydrogen) atoms. The van der Waals surface area contributed by atoms with E-state index in [0.717, 1.165) is 5.56 Å². The molecule has 2 amide bonds. The summed E-state index contributed by atoms with van der Waals surface area (Å²) in [5.41, 5.74) is 1.20. The van der Waals surface area contributed by atoms with Gasteiger partial charge in [-0.1, -0.05) is 18.2 Å². The number of hydrogen-bond acceptors (Lipinski definition) is 2. The molecule has 0 unspecified atom stereocenters. The molecule has 0 aliphatic heterocycles. The van der Waals surface area contributed by atoms with Crippen LogP contribution in [0.2, 0.25) is 0 Å². The predicted octanol–water partition coefficient (Wildman–Crippen LogP) is 2.58. The predicted molar refractivity (Wildman–Crippen MR) is 71.4 cm³/mol. The van der Waals surface area contributed by atoms with Crippen molar-refractivity contribution < 1.29 is 9.18 Å². The van der Waals surface area contributed by atoms with Gasteiger partial charge in [-0.25, -0.2) is 9.18 Å². The van der Waals surface area contributed by atoms with Crippen LogP contribution in [0.15, 0.2) is 48.8 Å². The van der Waals surface area contributed by atoms with Crippen molar-refractivity contribution in [2.24, 2.45) is 0 Å². The van der Waals surface area contributed by atoms with Crippen molar-refractivity contribution in [3.8, 4) is 0 Å². The number of nitrogens with one attached hydrogen (secondary N) is 2. The Bertz CT molecular complexity index is 545. The largest absolute Gasteiger partial charge is 0.338 e. The molecular weight excluding hydrogens is 245 g/mol. The minimum absolute atomic E-state index is 0.168. The fourth-order valence-corrected chi connectivity index (χ4v) is 1.60. The molecule has 5 heteroatoms. The summed E-state index contributed by atoms with van der Waals surface area (Å²) in [5, 5.41) is 5.12. The van der Waals surface area contributed by atoms with E-state index in [4.69, 9.17) is 0 Å². The zero-order valence-corrected chi connectivity index (χ0v) is 10.3. The molecule has 1 aromatic heterocycles. The van der Waals surface area contributed by atoms with Gasteiger partial charge in [-0.15, -0.1) is 0 Å². The Morgan fingerprint density at radius 1 is 1.21 bits per heavy atom. The van der Waals surface area contributed by atoms with E-state index in [9.17, 15) is 9.18 Å². The van der Waals surface area contributed by atoms with Gasteiger partial charge in [0.25, 0.3) is 0 Å². The van der Waals surface area contributed by atoms with Gasteiger partial charge in [0.05, 0.1) is 5.69 Å². The van der Waals surface area contributed by atoms with Crippen LogP contribution in [0.1, 0.15) is 5.56 Å². The molecule has 0 saturated heterocycles. The summed E-state index contributed by atoms with van der Waals surface area (Å²) in [6, 6.07) is 9.39. The van der Waals surface area contributed by atoms with Crippen molar-refractivity contribution in [2.45, 2.75) is 6.42 Å². The molecule has 0 aliphatic rings. The maximum atomic E-state index is 13.3. The molecule has 4 nitrogen and oxygen atoms in total. The topological polar surface area (TPSA) is 54.0 Å². The fourth-order valence-electron chi connectivity index (χ4n) is 1.60. The van der Waals surface area contributed by atoms with E-state index in [1.807, 2.05) is 12.1 Å². The number of rotatable bonds is 4. The third kappa shape index (κ3) is 4.06. The van der Waals surface area contributed by atoms with Crippen molar-refractivity contribution in [1.82, 2.24) is 10.3 Å². The maximum absolute atomic E-state index is 13.3. The summed E-state index contributed by atoms with van der Waals surface area (Å²) in [5.74, 6) is -0.454. The summed E-state index contributed by atoms with van der Waals surface area (Å²) in [7, 11) is 0. The number of carbonyl (C=O) groups excluding carboxylic acids is 1. The second-order valence-corrected chi connectivity index (χ2v) is 3.97. The number of pyridine rings is 1. The normalized spacial score (nSPS) is 9.95. The van der Waals surface area contributed by atoms with E-state index in [2.05, 4.69) is 15.6 Å². The average Bonchev–Trinajstić information content (AvgIpc) is 2.43. The molecule has 98 valence electrons. The lowest BCUT2D eigenvalue weighted by molar-refractivity contribution is 0.252. The minimum Gasteiger partial charge on any atom is -0.338 e. The van der Waals surface area contributed by atoms with Crippen LogP contribution in [0.4, 0.5) is 14.9 Å². The van der Waals surface area contributed by atoms with E-state index in [-0.39, 0.29) is 5.69 Å². The van der Waals surface area contributed by atoms with Crippen LogP contribution < -0.4 is 10.6 Å². The van der Waals surface area contributed by atoms with Gasteiger partial charge in [-0.2, -0.15) is 0 Å². The summed E-state index contributed by atoms with van der Waals surface area (Å²) in [4.78, 5) is 15.5. The summed E-state index contributed by atoms with van der Waals surface area (Å²) in [6.45, 7) is 0.464. The van der Waals surface area contributed by atoms with E-state index in [1.54, 1.807) is 24.5 Å². The van der Waals surface area contributed by atoms with E-state index >= 15 is 0 Å². The molecular formula is C14H14FN3O. The van der Waals surface area contributed by atoms with Crippen molar-refractivity contribution in [2.75, 3.05) is 11.9 Å². The van der Waals surface area contributed by atoms with E-state index in [1.165, 1.54) is 12.1 Å². The monoisotopic (exact) mass is 259 g/mol. The molecule has 0 aliphatic carbocycles. The van der Waals surface area contributed by atoms with Crippen LogP contribution >= 0.6 is 0 Å². The standard InChI is InChI=1S/C14H14FN3O/c15-12-5-1-2-6-13(12)18-14(19)17-9-7-11-4-3-8-16-10-11/h1-6,8,10H,7,9H2,(H2,17,18,19). The van der Waals surface area contributed by atoms with Crippen molar-refractivity contribution in [1.29, 1.82) is 0 Å². The molecule has 2 aromatic rings. The Balaban J connectivity index is 1.78. The fraction of sp³-hybridized carbons (Fsp3) is 0.143. The van der Waals surface area contributed by atoms with Crippen LogP contribution in [-0.4, -0.2) is 17.6 Å². The van der Waals surface area contributed by atoms with E-state index in [0.29, 0.717) is 13.0 Å². The highest BCUT2D eigenvalue weighted by atomic mass is 19.1. The van der Waals surface area contributed by atoms with Crippen LogP contribution in [0.3, 0.4) is 0 Å². The first-order valence-electron chi connectivity index (χ1n) is 5.94. The zero-order chi connectivity index (χ0) is 13.5. The SMILES string of the molecule is O=C(NCCc1cccnc1)Nc1ccccc1F. The van der Waals surface area contributed by atoms with Gasteiger partial charge in [0, 0.05) is 18.9 Å². The Morgan fingerprint density at radius 2 is 2.05 bits per heavy atom. The number of urea groups is 1. The zero-order valence-electron chi connectivity index (χ0n) is 10.3. The third-order valence-corrected chi connectivity index (χ3v) is 2.54. The number of nitrogens with zero attached hydrogens (tertiary/aromatic N) is 1. The number of amides is 2. The number of carbonyl (C=O) groups is 1. The average molecular weight is 259 g/mol. The van der Waals surface area contributed by atoms with Gasteiger partial charge < -0.3 is 10.6 Å². The first kappa shape index (κ1) is 13.0. The third-order valence-electron chi connectivity index (χ3n) is 2.54. The van der Waals surface area contributed by atoms with Gasteiger partial charge in [0.15, 0.2) is 0 Å². The van der Waals surface area contributed by atoms with Gasteiger partial charge in [0.1, 0.15) is 5.82 Å². The molecule has 0 atom stereocenters. The maximum Gasteiger partial charge on any atom is 0.319 e. The molecule has 0 fully saturated rings. The lowest BCUT2D eigenvalue weighted by atomic mass is 10.2. The second-order valence-electron chi connectivity index (χ2n) is 3.97. The molecule has 2 N–H and O–H groups in total. The highest BCUT2D eigenvalue weighted by Crippen LogP contribution is 2.11. The number of para-hydroxylation sites is 1. The molecule has 1 heterocycles. The highest BCUT2D eigenvalue weighted by molar-refractivity contribution is 5.89. The summed E-state index contributed by atoms with van der Waals surface area (Å²) in [6.07, 6.45) is 4.12. The highest BCUT2D eigenvalue weighted by Gasteiger charge is 2.04. The molecule has 0 saturated carbocycles. The van der Waals surface area contributed by atoms with Crippen LogP contribution in [-0.2, 0) is 6.42 Å². The number of halogens is 1. The first-order chi connectivity index (χ1) is 9.25. The summed E-state index contributed by atoms with van der Waals surface area (Å²) >= 11 is 0. The van der Waals surface area contributed by atoms with E-state index < -0.39 is 11.8 Å². The number of anilines is 1. The van der Waals surface area contributed by atoms with Crippen LogP contribution in [0, 0.1) is 5.82 Å². The Morgan fingerprint density at radius 3 is 2.79 bits per heavy atom. The van der Waals surface area contributed by atoms with Gasteiger partial charge in [0.2, 0.25) is 0 Å². The first-order valence-corrected chi connectivity index (χ1v) is 5.94. The Kier molecular flexibility index (Phi) is 4.44. The van der Waals surface area contributed by atoms with Gasteiger partial charge >= 0.3 is 6.03 Å². The molecule has 2 rings (SSSR count). The molecule has 0 spiro atoms. The second kappa shape index (κ2) is 6.49. The minimum atomic E-state index is -0.454. The smallest absolute Gasteiger partial charge is 0.319 e. The number of hydrogen-bond donors (Lipinski definition) is 2. The van der Waals surface area contributed by atoms with Crippen LogP contribution in [0.25, 0.3) is 0 Å². The van der Waals surface area contributed by atoms with Gasteiger partial charge in [-0.05, 0) is 30.2 Å². The lowest BCUT2D eigenvalue weighted by Gasteiger charge is -2.08. The van der Waals surface area contributed by atoms with Crippen molar-refractivity contribution >= 4 is 11.7 Å². The Hall–Kier alpha value is -2.43. The van der Waals surface area contributed by atoms with Crippen molar-refractivity contribution in [3.63, 3.8) is 0 Å². The quantitative estimate of drug-likeness (QED) is 0.886. The van der Waals surface area contributed by atoms with Crippen LogP contribution in [0.5, 0.6) is 0 Å². The molecule has 0 radical (unpaired) electrons. The molecule has 1 aromatic carbocycles. The Labute approximate surface area is 110 Å². The summed E-state index contributed by atoms with van der Waals surface area (Å²) < 4.78 is 13.3. The number of benzene rings is 1.